The third-order valence-electron chi connectivity index (χ3n) is 4.15. The quantitative estimate of drug-likeness (QED) is 0.664. The molecular weight excluding hydrogens is 360 g/mol. The number of amides is 1. The molecule has 5 nitrogen and oxygen atoms in total. The molecule has 1 N–H and O–H groups in total. The van der Waals surface area contributed by atoms with Crippen LogP contribution in [0.15, 0.2) is 54.6 Å². The van der Waals surface area contributed by atoms with Crippen LogP contribution in [0.25, 0.3) is 0 Å². The summed E-state index contributed by atoms with van der Waals surface area (Å²) >= 11 is 6.04. The molecular formula is C21H21ClN4O. The van der Waals surface area contributed by atoms with Crippen molar-refractivity contribution < 1.29 is 4.79 Å². The number of hydrogen-bond donors (Lipinski definition) is 1. The predicted octanol–water partition coefficient (Wildman–Crippen LogP) is 5.16. The van der Waals surface area contributed by atoms with Gasteiger partial charge in [0.05, 0.1) is 0 Å². The third-order valence-corrected chi connectivity index (χ3v) is 4.38. The minimum absolute atomic E-state index is 0.295. The van der Waals surface area contributed by atoms with Crippen LogP contribution in [0, 0.1) is 13.8 Å². The van der Waals surface area contributed by atoms with Crippen LogP contribution in [0.2, 0.25) is 5.02 Å². The largest absolute Gasteiger partial charge is 0.320 e. The summed E-state index contributed by atoms with van der Waals surface area (Å²) in [6, 6.07) is 16.9. The highest BCUT2D eigenvalue weighted by molar-refractivity contribution is 6.31. The Morgan fingerprint density at radius 1 is 1.07 bits per heavy atom. The minimum atomic E-state index is -0.295. The molecule has 0 unspecified atom stereocenters. The Balaban J connectivity index is 1.93. The normalized spacial score (nSPS) is 10.5. The van der Waals surface area contributed by atoms with Crippen molar-refractivity contribution in [2.45, 2.75) is 20.8 Å². The molecule has 1 amide bonds. The predicted molar refractivity (Wildman–Crippen MR) is 110 cm³/mol. The third kappa shape index (κ3) is 4.44. The number of aryl methyl sites for hydroxylation is 2. The molecule has 3 rings (SSSR count). The van der Waals surface area contributed by atoms with E-state index >= 15 is 0 Å². The van der Waals surface area contributed by atoms with E-state index in [4.69, 9.17) is 11.6 Å². The molecule has 0 atom stereocenters. The van der Waals surface area contributed by atoms with Crippen molar-refractivity contribution in [1.29, 1.82) is 0 Å². The second-order valence-electron chi connectivity index (χ2n) is 6.19. The number of para-hydroxylation sites is 1. The molecule has 0 aliphatic carbocycles. The molecule has 3 aromatic rings. The molecule has 0 saturated carbocycles. The Kier molecular flexibility index (Phi) is 5.72. The fourth-order valence-electron chi connectivity index (χ4n) is 2.75. The zero-order chi connectivity index (χ0) is 19.4. The van der Waals surface area contributed by atoms with E-state index in [9.17, 15) is 4.79 Å². The second kappa shape index (κ2) is 8.18. The Bertz CT molecular complexity index is 960. The summed E-state index contributed by atoms with van der Waals surface area (Å²) in [5.74, 6) is 0.202. The lowest BCUT2D eigenvalue weighted by atomic mass is 10.2. The highest BCUT2D eigenvalue weighted by atomic mass is 35.5. The summed E-state index contributed by atoms with van der Waals surface area (Å²) in [5.41, 5.74) is 3.61. The van der Waals surface area contributed by atoms with Gasteiger partial charge in [0.25, 0.3) is 5.91 Å². The lowest BCUT2D eigenvalue weighted by molar-refractivity contribution is 0.102. The topological polar surface area (TPSA) is 58.1 Å². The van der Waals surface area contributed by atoms with E-state index in [2.05, 4.69) is 15.3 Å². The highest BCUT2D eigenvalue weighted by Crippen LogP contribution is 2.23. The van der Waals surface area contributed by atoms with E-state index in [0.29, 0.717) is 28.9 Å². The van der Waals surface area contributed by atoms with Gasteiger partial charge in [-0.1, -0.05) is 35.9 Å². The van der Waals surface area contributed by atoms with Crippen LogP contribution in [-0.2, 0) is 0 Å². The zero-order valence-corrected chi connectivity index (χ0v) is 16.3. The molecule has 138 valence electrons. The lowest BCUT2D eigenvalue weighted by Crippen LogP contribution is -2.22. The average Bonchev–Trinajstić information content (AvgIpc) is 2.66. The van der Waals surface area contributed by atoms with Crippen LogP contribution in [0.4, 0.5) is 17.3 Å². The first-order chi connectivity index (χ1) is 13.0. The molecule has 0 spiro atoms. The second-order valence-corrected chi connectivity index (χ2v) is 6.62. The van der Waals surface area contributed by atoms with Crippen molar-refractivity contribution in [1.82, 2.24) is 9.97 Å². The molecule has 2 aromatic carbocycles. The number of carbonyl (C=O) groups is 1. The number of aromatic nitrogens is 2. The summed E-state index contributed by atoms with van der Waals surface area (Å²) in [6.07, 6.45) is 0. The number of benzene rings is 2. The van der Waals surface area contributed by atoms with Crippen LogP contribution < -0.4 is 10.2 Å². The number of hydrogen-bond acceptors (Lipinski definition) is 4. The van der Waals surface area contributed by atoms with E-state index in [0.717, 1.165) is 16.9 Å². The van der Waals surface area contributed by atoms with E-state index in [1.54, 1.807) is 18.2 Å². The van der Waals surface area contributed by atoms with Gasteiger partial charge in [0.2, 0.25) is 5.95 Å². The van der Waals surface area contributed by atoms with Crippen molar-refractivity contribution in [3.05, 3.63) is 76.6 Å². The summed E-state index contributed by atoms with van der Waals surface area (Å²) in [7, 11) is 0. The van der Waals surface area contributed by atoms with Crippen LogP contribution in [-0.4, -0.2) is 22.4 Å². The van der Waals surface area contributed by atoms with E-state index in [1.165, 1.54) is 0 Å². The Morgan fingerprint density at radius 3 is 2.52 bits per heavy atom. The van der Waals surface area contributed by atoms with Crippen molar-refractivity contribution in [3.8, 4) is 0 Å². The summed E-state index contributed by atoms with van der Waals surface area (Å²) < 4.78 is 0. The van der Waals surface area contributed by atoms with Gasteiger partial charge in [0, 0.05) is 28.6 Å². The summed E-state index contributed by atoms with van der Waals surface area (Å²) in [4.78, 5) is 23.7. The van der Waals surface area contributed by atoms with Crippen molar-refractivity contribution in [2.75, 3.05) is 16.8 Å². The molecule has 0 aliphatic heterocycles. The molecule has 0 fully saturated rings. The number of nitrogens with one attached hydrogen (secondary N) is 1. The zero-order valence-electron chi connectivity index (χ0n) is 15.5. The maximum atomic E-state index is 12.8. The minimum Gasteiger partial charge on any atom is -0.320 e. The smallest absolute Gasteiger partial charge is 0.274 e. The first-order valence-corrected chi connectivity index (χ1v) is 9.11. The Labute approximate surface area is 164 Å². The van der Waals surface area contributed by atoms with E-state index < -0.39 is 0 Å². The van der Waals surface area contributed by atoms with Gasteiger partial charge in [0.1, 0.15) is 5.69 Å². The summed E-state index contributed by atoms with van der Waals surface area (Å²) in [6.45, 7) is 6.47. The van der Waals surface area contributed by atoms with Gasteiger partial charge >= 0.3 is 0 Å². The fraction of sp³-hybridized carbons (Fsp3) is 0.190. The number of anilines is 3. The average molecular weight is 381 g/mol. The van der Waals surface area contributed by atoms with E-state index in [-0.39, 0.29) is 5.91 Å². The van der Waals surface area contributed by atoms with Crippen LogP contribution >= 0.6 is 11.6 Å². The number of carbonyl (C=O) groups excluding carboxylic acids is 1. The maximum absolute atomic E-state index is 12.8. The molecule has 1 aromatic heterocycles. The molecule has 0 aliphatic rings. The SMILES string of the molecule is CCN(c1ccccc1)c1nc(C)cc(C(=O)Nc2cc(Cl)ccc2C)n1. The summed E-state index contributed by atoms with van der Waals surface area (Å²) in [5, 5.41) is 3.45. The van der Waals surface area contributed by atoms with Gasteiger partial charge in [-0.3, -0.25) is 4.79 Å². The highest BCUT2D eigenvalue weighted by Gasteiger charge is 2.16. The Hall–Kier alpha value is -2.92. The number of nitrogens with zero attached hydrogens (tertiary/aromatic N) is 3. The molecule has 0 bridgehead atoms. The standard InChI is InChI=1S/C21H21ClN4O/c1-4-26(17-8-6-5-7-9-17)21-23-15(3)12-19(25-21)20(27)24-18-13-16(22)11-10-14(18)2/h5-13H,4H2,1-3H3,(H,24,27). The maximum Gasteiger partial charge on any atom is 0.274 e. The molecule has 27 heavy (non-hydrogen) atoms. The van der Waals surface area contributed by atoms with Crippen molar-refractivity contribution >= 4 is 34.8 Å². The molecule has 0 radical (unpaired) electrons. The molecule has 6 heteroatoms. The van der Waals surface area contributed by atoms with Gasteiger partial charge in [0.15, 0.2) is 0 Å². The number of halogens is 1. The lowest BCUT2D eigenvalue weighted by Gasteiger charge is -2.21. The van der Waals surface area contributed by atoms with Crippen LogP contribution in [0.5, 0.6) is 0 Å². The van der Waals surface area contributed by atoms with Gasteiger partial charge < -0.3 is 10.2 Å². The van der Waals surface area contributed by atoms with Crippen LogP contribution in [0.3, 0.4) is 0 Å². The van der Waals surface area contributed by atoms with Crippen molar-refractivity contribution in [2.24, 2.45) is 0 Å². The van der Waals surface area contributed by atoms with Gasteiger partial charge in [-0.25, -0.2) is 9.97 Å². The first kappa shape index (κ1) is 18.9. The molecule has 1 heterocycles. The van der Waals surface area contributed by atoms with Crippen molar-refractivity contribution in [3.63, 3.8) is 0 Å². The van der Waals surface area contributed by atoms with Gasteiger partial charge in [-0.15, -0.1) is 0 Å². The monoisotopic (exact) mass is 380 g/mol. The van der Waals surface area contributed by atoms with E-state index in [1.807, 2.05) is 62.1 Å². The molecule has 0 saturated heterocycles. The fourth-order valence-corrected chi connectivity index (χ4v) is 2.92. The first-order valence-electron chi connectivity index (χ1n) is 8.73. The van der Waals surface area contributed by atoms with Gasteiger partial charge in [-0.05, 0) is 56.7 Å². The number of rotatable bonds is 5. The Morgan fingerprint density at radius 2 is 1.81 bits per heavy atom. The van der Waals surface area contributed by atoms with Crippen LogP contribution in [0.1, 0.15) is 28.7 Å². The van der Waals surface area contributed by atoms with Gasteiger partial charge in [-0.2, -0.15) is 0 Å².